The van der Waals surface area contributed by atoms with E-state index in [9.17, 15) is 4.79 Å². The van der Waals surface area contributed by atoms with Gasteiger partial charge in [-0.15, -0.1) is 11.7 Å². The van der Waals surface area contributed by atoms with Crippen molar-refractivity contribution in [2.75, 3.05) is 12.3 Å². The molecule has 7 heteroatoms. The van der Waals surface area contributed by atoms with Crippen LogP contribution in [0.5, 0.6) is 0 Å². The van der Waals surface area contributed by atoms with Crippen molar-refractivity contribution in [3.05, 3.63) is 42.5 Å². The topological polar surface area (TPSA) is 72.7 Å². The quantitative estimate of drug-likeness (QED) is 0.642. The second-order valence-corrected chi connectivity index (χ2v) is 5.04. The Balaban J connectivity index is 2.05. The van der Waals surface area contributed by atoms with Crippen LogP contribution in [0.25, 0.3) is 5.69 Å². The molecule has 0 spiro atoms. The highest BCUT2D eigenvalue weighted by Gasteiger charge is 2.11. The number of hydrogen-bond acceptors (Lipinski definition) is 5. The average Bonchev–Trinajstić information content (AvgIpc) is 2.91. The standard InChI is InChI=1S/C13H15N5OS/c1-3-7-14-12(19)9-20-13-15-16-17-18(13)11-6-4-5-10(2)8-11/h3-6,8H,1,7,9H2,2H3,(H,14,19). The number of aryl methyl sites for hydroxylation is 1. The fourth-order valence-electron chi connectivity index (χ4n) is 1.56. The number of amides is 1. The summed E-state index contributed by atoms with van der Waals surface area (Å²) in [5.41, 5.74) is 2.00. The highest BCUT2D eigenvalue weighted by atomic mass is 32.2. The molecule has 0 aliphatic rings. The first-order chi connectivity index (χ1) is 9.70. The highest BCUT2D eigenvalue weighted by molar-refractivity contribution is 7.99. The van der Waals surface area contributed by atoms with Crippen molar-refractivity contribution >= 4 is 17.7 Å². The largest absolute Gasteiger partial charge is 0.352 e. The molecule has 0 radical (unpaired) electrons. The highest BCUT2D eigenvalue weighted by Crippen LogP contribution is 2.18. The van der Waals surface area contributed by atoms with Crippen LogP contribution >= 0.6 is 11.8 Å². The van der Waals surface area contributed by atoms with Crippen LogP contribution in [0.1, 0.15) is 5.56 Å². The Morgan fingerprint density at radius 2 is 2.40 bits per heavy atom. The van der Waals surface area contributed by atoms with Gasteiger partial charge in [0, 0.05) is 6.54 Å². The molecule has 1 N–H and O–H groups in total. The molecule has 1 aromatic carbocycles. The number of carbonyl (C=O) groups excluding carboxylic acids is 1. The van der Waals surface area contributed by atoms with E-state index in [4.69, 9.17) is 0 Å². The van der Waals surface area contributed by atoms with Crippen LogP contribution in [0, 0.1) is 6.92 Å². The number of nitrogens with one attached hydrogen (secondary N) is 1. The third kappa shape index (κ3) is 3.67. The van der Waals surface area contributed by atoms with Crippen molar-refractivity contribution in [2.24, 2.45) is 0 Å². The fourth-order valence-corrected chi connectivity index (χ4v) is 2.28. The second-order valence-electron chi connectivity index (χ2n) is 4.09. The number of rotatable bonds is 6. The third-order valence-corrected chi connectivity index (χ3v) is 3.38. The van der Waals surface area contributed by atoms with E-state index in [1.807, 2.05) is 31.2 Å². The van der Waals surface area contributed by atoms with E-state index in [0.29, 0.717) is 11.7 Å². The van der Waals surface area contributed by atoms with Gasteiger partial charge in [-0.3, -0.25) is 4.79 Å². The molecule has 104 valence electrons. The lowest BCUT2D eigenvalue weighted by Crippen LogP contribution is -2.25. The van der Waals surface area contributed by atoms with Crippen molar-refractivity contribution in [2.45, 2.75) is 12.1 Å². The first kappa shape index (κ1) is 14.3. The van der Waals surface area contributed by atoms with Crippen molar-refractivity contribution in [3.63, 3.8) is 0 Å². The molecule has 1 aromatic heterocycles. The van der Waals surface area contributed by atoms with Crippen LogP contribution in [0.3, 0.4) is 0 Å². The van der Waals surface area contributed by atoms with Gasteiger partial charge >= 0.3 is 0 Å². The van der Waals surface area contributed by atoms with E-state index in [1.54, 1.807) is 10.8 Å². The van der Waals surface area contributed by atoms with Gasteiger partial charge in [0.25, 0.3) is 0 Å². The van der Waals surface area contributed by atoms with Crippen LogP contribution < -0.4 is 5.32 Å². The summed E-state index contributed by atoms with van der Waals surface area (Å²) in [6.45, 7) is 6.01. The van der Waals surface area contributed by atoms with Crippen LogP contribution in [-0.2, 0) is 4.79 Å². The van der Waals surface area contributed by atoms with Crippen LogP contribution in [0.4, 0.5) is 0 Å². The Hall–Kier alpha value is -2.15. The van der Waals surface area contributed by atoms with Crippen molar-refractivity contribution in [1.29, 1.82) is 0 Å². The molecule has 0 aliphatic carbocycles. The van der Waals surface area contributed by atoms with E-state index in [1.165, 1.54) is 11.8 Å². The maximum Gasteiger partial charge on any atom is 0.230 e. The average molecular weight is 289 g/mol. The molecule has 2 aromatic rings. The number of carbonyl (C=O) groups is 1. The zero-order valence-electron chi connectivity index (χ0n) is 11.1. The van der Waals surface area contributed by atoms with Gasteiger partial charge in [-0.25, -0.2) is 0 Å². The minimum atomic E-state index is -0.0753. The Labute approximate surface area is 121 Å². The number of benzene rings is 1. The maximum atomic E-state index is 11.5. The van der Waals surface area contributed by atoms with E-state index in [0.717, 1.165) is 11.3 Å². The summed E-state index contributed by atoms with van der Waals surface area (Å²) < 4.78 is 1.62. The summed E-state index contributed by atoms with van der Waals surface area (Å²) in [4.78, 5) is 11.5. The summed E-state index contributed by atoms with van der Waals surface area (Å²) in [6.07, 6.45) is 1.64. The zero-order valence-corrected chi connectivity index (χ0v) is 11.9. The molecular weight excluding hydrogens is 274 g/mol. The molecule has 20 heavy (non-hydrogen) atoms. The predicted molar refractivity (Wildman–Crippen MR) is 77.8 cm³/mol. The first-order valence-electron chi connectivity index (χ1n) is 6.06. The normalized spacial score (nSPS) is 10.2. The molecule has 6 nitrogen and oxygen atoms in total. The van der Waals surface area contributed by atoms with Gasteiger partial charge in [-0.1, -0.05) is 30.0 Å². The Morgan fingerprint density at radius 3 is 3.15 bits per heavy atom. The molecule has 1 heterocycles. The van der Waals surface area contributed by atoms with Gasteiger partial charge in [0.15, 0.2) is 0 Å². The molecule has 0 atom stereocenters. The van der Waals surface area contributed by atoms with Gasteiger partial charge in [-0.05, 0) is 35.0 Å². The molecule has 1 amide bonds. The molecular formula is C13H15N5OS. The van der Waals surface area contributed by atoms with Crippen molar-refractivity contribution in [1.82, 2.24) is 25.5 Å². The summed E-state index contributed by atoms with van der Waals surface area (Å²) in [6, 6.07) is 7.85. The molecule has 2 rings (SSSR count). The maximum absolute atomic E-state index is 11.5. The van der Waals surface area contributed by atoms with E-state index >= 15 is 0 Å². The van der Waals surface area contributed by atoms with E-state index in [2.05, 4.69) is 27.4 Å². The summed E-state index contributed by atoms with van der Waals surface area (Å²) in [7, 11) is 0. The van der Waals surface area contributed by atoms with Gasteiger partial charge in [0.1, 0.15) is 0 Å². The van der Waals surface area contributed by atoms with Crippen LogP contribution in [-0.4, -0.2) is 38.4 Å². The smallest absolute Gasteiger partial charge is 0.230 e. The van der Waals surface area contributed by atoms with Gasteiger partial charge in [0.05, 0.1) is 11.4 Å². The second kappa shape index (κ2) is 6.85. The van der Waals surface area contributed by atoms with Crippen molar-refractivity contribution < 1.29 is 4.79 Å². The molecule has 0 aliphatic heterocycles. The van der Waals surface area contributed by atoms with Gasteiger partial charge in [0.2, 0.25) is 11.1 Å². The number of nitrogens with zero attached hydrogens (tertiary/aromatic N) is 4. The summed E-state index contributed by atoms with van der Waals surface area (Å²) >= 11 is 1.29. The summed E-state index contributed by atoms with van der Waals surface area (Å²) in [5.74, 6) is 0.189. The minimum absolute atomic E-state index is 0.0753. The van der Waals surface area contributed by atoms with E-state index < -0.39 is 0 Å². The minimum Gasteiger partial charge on any atom is -0.352 e. The van der Waals surface area contributed by atoms with Gasteiger partial charge in [-0.2, -0.15) is 4.68 Å². The molecule has 0 saturated heterocycles. The number of hydrogen-bond donors (Lipinski definition) is 1. The number of thioether (sulfide) groups is 1. The first-order valence-corrected chi connectivity index (χ1v) is 7.05. The number of tetrazole rings is 1. The Kier molecular flexibility index (Phi) is 4.89. The molecule has 0 fully saturated rings. The Bertz CT molecular complexity index is 610. The molecule has 0 saturated carbocycles. The monoisotopic (exact) mass is 289 g/mol. The third-order valence-electron chi connectivity index (χ3n) is 2.46. The Morgan fingerprint density at radius 1 is 1.55 bits per heavy atom. The van der Waals surface area contributed by atoms with E-state index in [-0.39, 0.29) is 11.7 Å². The molecule has 0 unspecified atom stereocenters. The SMILES string of the molecule is C=CCNC(=O)CSc1nnnn1-c1cccc(C)c1. The van der Waals surface area contributed by atoms with Gasteiger partial charge < -0.3 is 5.32 Å². The zero-order chi connectivity index (χ0) is 14.4. The number of aromatic nitrogens is 4. The van der Waals surface area contributed by atoms with Crippen LogP contribution in [0.15, 0.2) is 42.1 Å². The van der Waals surface area contributed by atoms with Crippen molar-refractivity contribution in [3.8, 4) is 5.69 Å². The van der Waals surface area contributed by atoms with Crippen LogP contribution in [0.2, 0.25) is 0 Å². The predicted octanol–water partition coefficient (Wildman–Crippen LogP) is 1.37. The molecule has 0 bridgehead atoms. The lowest BCUT2D eigenvalue weighted by atomic mass is 10.2. The summed E-state index contributed by atoms with van der Waals surface area (Å²) in [5, 5.41) is 14.9. The lowest BCUT2D eigenvalue weighted by Gasteiger charge is -2.05. The lowest BCUT2D eigenvalue weighted by molar-refractivity contribution is -0.118. The fraction of sp³-hybridized carbons (Fsp3) is 0.231.